The molecule has 3 rings (SSSR count). The first-order chi connectivity index (χ1) is 22.0. The second kappa shape index (κ2) is 15.2. The van der Waals surface area contributed by atoms with E-state index in [0.29, 0.717) is 6.54 Å². The van der Waals surface area contributed by atoms with Crippen molar-refractivity contribution in [3.8, 4) is 0 Å². The molecule has 0 spiro atoms. The number of ether oxygens (including phenoxy) is 1. The highest BCUT2D eigenvalue weighted by atomic mass is 31.3. The highest BCUT2D eigenvalue weighted by molar-refractivity contribution is 7.61. The van der Waals surface area contributed by atoms with Crippen molar-refractivity contribution < 1.29 is 75.7 Å². The first-order valence-corrected chi connectivity index (χ1v) is 18.5. The molecular weight excluding hydrogens is 711 g/mol. The average molecular weight is 750 g/mol. The van der Waals surface area contributed by atoms with Crippen LogP contribution in [-0.4, -0.2) is 112 Å². The lowest BCUT2D eigenvalue weighted by Crippen LogP contribution is -2.46. The second-order valence-electron chi connectivity index (χ2n) is 11.2. The molecule has 1 aliphatic rings. The highest BCUT2D eigenvalue weighted by Gasteiger charge is 2.57. The summed E-state index contributed by atoms with van der Waals surface area (Å²) in [6.07, 6.45) is -5.28. The standard InChI is InChI=1S/C22H38N7O16P3/c1-5-24-13(30)6-7-25-20(33)17(32)21(2,3)9-42-48(39,40)45-47(37,38)41-8-12-15(44-46(34,35)36)16(31)22(4,43-12)29-11-28-14-18(23)26-10-27-19(14)29/h10-12,15-17,31-32H,5-9H2,1-4H3,(H,24,30)(H,25,33)(H,37,38)(H,39,40)(H2,23,26,27)(H2,34,35,36). The van der Waals surface area contributed by atoms with Gasteiger partial charge in [-0.25, -0.2) is 28.6 Å². The summed E-state index contributed by atoms with van der Waals surface area (Å²) in [4.78, 5) is 74.8. The van der Waals surface area contributed by atoms with Crippen molar-refractivity contribution in [2.24, 2.45) is 5.41 Å². The van der Waals surface area contributed by atoms with Crippen molar-refractivity contribution in [1.29, 1.82) is 0 Å². The number of imidazole rings is 1. The molecule has 0 bridgehead atoms. The fourth-order valence-corrected chi connectivity index (χ4v) is 7.27. The molecule has 1 fully saturated rings. The summed E-state index contributed by atoms with van der Waals surface area (Å²) in [7, 11) is -16.3. The van der Waals surface area contributed by atoms with E-state index in [2.05, 4.69) is 34.4 Å². The number of aliphatic hydroxyl groups excluding tert-OH is 2. The average Bonchev–Trinajstić information content (AvgIpc) is 3.50. The van der Waals surface area contributed by atoms with Crippen LogP contribution >= 0.6 is 23.5 Å². The van der Waals surface area contributed by atoms with E-state index in [1.165, 1.54) is 20.8 Å². The van der Waals surface area contributed by atoms with Gasteiger partial charge in [-0.15, -0.1) is 0 Å². The minimum atomic E-state index is -5.55. The molecule has 10 N–H and O–H groups in total. The molecule has 0 aromatic carbocycles. The van der Waals surface area contributed by atoms with Crippen LogP contribution < -0.4 is 16.4 Å². The minimum Gasteiger partial charge on any atom is -0.385 e. The number of hydrogen-bond donors (Lipinski definition) is 9. The van der Waals surface area contributed by atoms with Gasteiger partial charge in [-0.1, -0.05) is 13.8 Å². The summed E-state index contributed by atoms with van der Waals surface area (Å²) in [5.74, 6) is -1.32. The van der Waals surface area contributed by atoms with E-state index in [-0.39, 0.29) is 35.9 Å². The maximum atomic E-state index is 12.6. The van der Waals surface area contributed by atoms with Crippen LogP contribution in [0.1, 0.15) is 34.1 Å². The van der Waals surface area contributed by atoms with Gasteiger partial charge in [0.05, 0.1) is 19.5 Å². The first-order valence-electron chi connectivity index (χ1n) is 13.9. The number of hydrogen-bond acceptors (Lipinski definition) is 16. The molecule has 2 aromatic rings. The van der Waals surface area contributed by atoms with Crippen LogP contribution in [-0.2, 0) is 51.6 Å². The molecule has 3 heterocycles. The summed E-state index contributed by atoms with van der Waals surface area (Å²) in [5, 5.41) is 26.3. The Kier molecular flexibility index (Phi) is 12.7. The number of fused-ring (bicyclic) bond motifs is 1. The number of rotatable bonds is 17. The Morgan fingerprint density at radius 2 is 1.77 bits per heavy atom. The van der Waals surface area contributed by atoms with E-state index in [0.717, 1.165) is 17.2 Å². The summed E-state index contributed by atoms with van der Waals surface area (Å²) >= 11 is 0. The van der Waals surface area contributed by atoms with Crippen LogP contribution in [0.25, 0.3) is 11.2 Å². The van der Waals surface area contributed by atoms with Gasteiger partial charge < -0.3 is 50.9 Å². The normalized spacial score (nSPS) is 24.9. The number of anilines is 1. The number of phosphoric ester groups is 3. The van der Waals surface area contributed by atoms with Crippen molar-refractivity contribution in [1.82, 2.24) is 30.2 Å². The van der Waals surface area contributed by atoms with Crippen LogP contribution in [0.5, 0.6) is 0 Å². The number of nitrogen functional groups attached to an aromatic ring is 1. The number of aliphatic hydroxyl groups is 2. The topological polar surface area (TPSA) is 347 Å². The van der Waals surface area contributed by atoms with Gasteiger partial charge in [-0.05, 0) is 13.8 Å². The molecule has 23 nitrogen and oxygen atoms in total. The van der Waals surface area contributed by atoms with Crippen molar-refractivity contribution >= 4 is 52.3 Å². The lowest BCUT2D eigenvalue weighted by molar-refractivity contribution is -0.137. The molecule has 48 heavy (non-hydrogen) atoms. The lowest BCUT2D eigenvalue weighted by atomic mass is 9.87. The zero-order chi connectivity index (χ0) is 36.3. The van der Waals surface area contributed by atoms with Crippen molar-refractivity contribution in [2.75, 3.05) is 32.0 Å². The van der Waals surface area contributed by atoms with E-state index in [1.807, 2.05) is 0 Å². The van der Waals surface area contributed by atoms with E-state index in [9.17, 15) is 53.1 Å². The predicted molar refractivity (Wildman–Crippen MR) is 160 cm³/mol. The van der Waals surface area contributed by atoms with Gasteiger partial charge >= 0.3 is 23.5 Å². The van der Waals surface area contributed by atoms with Crippen LogP contribution in [0.15, 0.2) is 12.7 Å². The molecule has 2 aromatic heterocycles. The van der Waals surface area contributed by atoms with Crippen LogP contribution in [0, 0.1) is 5.41 Å². The first kappa shape index (κ1) is 40.0. The van der Waals surface area contributed by atoms with Gasteiger partial charge in [-0.3, -0.25) is 27.7 Å². The quantitative estimate of drug-likeness (QED) is 0.0839. The molecule has 7 atom stereocenters. The molecule has 1 saturated heterocycles. The number of nitrogens with zero attached hydrogens (tertiary/aromatic N) is 4. The molecular formula is C22H38N7O16P3. The van der Waals surface area contributed by atoms with Gasteiger partial charge in [0.25, 0.3) is 0 Å². The van der Waals surface area contributed by atoms with Gasteiger partial charge in [0.1, 0.15) is 36.3 Å². The van der Waals surface area contributed by atoms with E-state index >= 15 is 0 Å². The molecule has 0 radical (unpaired) electrons. The summed E-state index contributed by atoms with van der Waals surface area (Å²) in [5.41, 5.74) is 2.37. The smallest absolute Gasteiger partial charge is 0.385 e. The number of phosphoric acid groups is 3. The Morgan fingerprint density at radius 3 is 2.40 bits per heavy atom. The largest absolute Gasteiger partial charge is 0.481 e. The fraction of sp³-hybridized carbons (Fsp3) is 0.682. The Labute approximate surface area is 272 Å². The molecule has 2 amide bonds. The van der Waals surface area contributed by atoms with E-state index < -0.39 is 78.1 Å². The van der Waals surface area contributed by atoms with Crippen LogP contribution in [0.2, 0.25) is 0 Å². The molecule has 7 unspecified atom stereocenters. The number of nitrogens with one attached hydrogen (secondary N) is 2. The molecule has 272 valence electrons. The molecule has 0 aliphatic carbocycles. The fourth-order valence-electron chi connectivity index (χ4n) is 4.45. The van der Waals surface area contributed by atoms with E-state index in [4.69, 9.17) is 19.5 Å². The minimum absolute atomic E-state index is 0.0278. The number of nitrogens with two attached hydrogens (primary N) is 1. The Morgan fingerprint density at radius 1 is 1.12 bits per heavy atom. The van der Waals surface area contributed by atoms with Gasteiger partial charge in [-0.2, -0.15) is 4.31 Å². The number of carbonyl (C=O) groups excluding carboxylic acids is 2. The highest BCUT2D eigenvalue weighted by Crippen LogP contribution is 2.61. The maximum absolute atomic E-state index is 12.6. The van der Waals surface area contributed by atoms with Crippen molar-refractivity contribution in [2.45, 2.75) is 64.3 Å². The number of aromatic nitrogens is 4. The second-order valence-corrected chi connectivity index (χ2v) is 15.5. The SMILES string of the molecule is CCNC(=O)CCNC(=O)C(O)C(C)(C)COP(=O)(O)OP(=O)(O)OCC1OC(C)(n2cnc3c(N)ncnc32)C(O)C1OP(=O)(O)O. The Balaban J connectivity index is 1.66. The van der Waals surface area contributed by atoms with Crippen molar-refractivity contribution in [3.05, 3.63) is 12.7 Å². The third kappa shape index (κ3) is 10.1. The van der Waals surface area contributed by atoms with E-state index in [1.54, 1.807) is 6.92 Å². The van der Waals surface area contributed by atoms with Crippen LogP contribution in [0.4, 0.5) is 5.82 Å². The van der Waals surface area contributed by atoms with Gasteiger partial charge in [0.2, 0.25) is 11.8 Å². The lowest BCUT2D eigenvalue weighted by Gasteiger charge is -2.30. The zero-order valence-electron chi connectivity index (χ0n) is 26.0. The maximum Gasteiger partial charge on any atom is 0.481 e. The molecule has 26 heteroatoms. The summed E-state index contributed by atoms with van der Waals surface area (Å²) in [6, 6.07) is 0. The number of carbonyl (C=O) groups is 2. The Hall–Kier alpha value is -2.46. The van der Waals surface area contributed by atoms with Crippen molar-refractivity contribution in [3.63, 3.8) is 0 Å². The monoisotopic (exact) mass is 749 g/mol. The van der Waals surface area contributed by atoms with Crippen LogP contribution in [0.3, 0.4) is 0 Å². The van der Waals surface area contributed by atoms with Gasteiger partial charge in [0, 0.05) is 24.9 Å². The van der Waals surface area contributed by atoms with Gasteiger partial charge in [0.15, 0.2) is 17.2 Å². The molecule has 0 saturated carbocycles. The summed E-state index contributed by atoms with van der Waals surface area (Å²) in [6.45, 7) is 3.77. The molecule has 1 aliphatic heterocycles. The third-order valence-electron chi connectivity index (χ3n) is 6.94. The Bertz CT molecular complexity index is 1620. The third-order valence-corrected chi connectivity index (χ3v) is 10.0. The zero-order valence-corrected chi connectivity index (χ0v) is 28.7. The number of amides is 2. The summed E-state index contributed by atoms with van der Waals surface area (Å²) < 4.78 is 62.2. The predicted octanol–water partition coefficient (Wildman–Crippen LogP) is -1.40.